The van der Waals surface area contributed by atoms with Crippen molar-refractivity contribution in [2.24, 2.45) is 0 Å². The Kier molecular flexibility index (Phi) is 5.19. The number of benzene rings is 1. The van der Waals surface area contributed by atoms with Crippen molar-refractivity contribution in [1.29, 1.82) is 0 Å². The van der Waals surface area contributed by atoms with Gasteiger partial charge in [-0.1, -0.05) is 18.2 Å². The first-order valence-electron chi connectivity index (χ1n) is 6.28. The van der Waals surface area contributed by atoms with Crippen LogP contribution in [0.4, 0.5) is 0 Å². The number of nitrogens with zero attached hydrogens (tertiary/aromatic N) is 1. The van der Waals surface area contributed by atoms with Gasteiger partial charge in [0.25, 0.3) is 0 Å². The number of nitrogens with one attached hydrogen (secondary N) is 1. The molecule has 2 aromatic rings. The van der Waals surface area contributed by atoms with Gasteiger partial charge in [-0.05, 0) is 25.2 Å². The van der Waals surface area contributed by atoms with E-state index in [1.807, 2.05) is 49.5 Å². The van der Waals surface area contributed by atoms with Crippen molar-refractivity contribution in [2.45, 2.75) is 6.54 Å². The first-order valence-corrected chi connectivity index (χ1v) is 6.28. The van der Waals surface area contributed by atoms with Gasteiger partial charge in [-0.25, -0.2) is 0 Å². The molecule has 1 aromatic heterocycles. The van der Waals surface area contributed by atoms with Crippen LogP contribution in [0.3, 0.4) is 0 Å². The normalized spacial score (nSPS) is 10.2. The fourth-order valence-corrected chi connectivity index (χ4v) is 1.66. The second-order valence-corrected chi connectivity index (χ2v) is 4.02. The average Bonchev–Trinajstić information content (AvgIpc) is 2.46. The summed E-state index contributed by atoms with van der Waals surface area (Å²) in [6.07, 6.45) is 1.75. The van der Waals surface area contributed by atoms with Crippen LogP contribution in [0, 0.1) is 0 Å². The van der Waals surface area contributed by atoms with Gasteiger partial charge in [-0.15, -0.1) is 0 Å². The lowest BCUT2D eigenvalue weighted by Crippen LogP contribution is -2.10. The molecule has 0 unspecified atom stereocenters. The van der Waals surface area contributed by atoms with E-state index in [0.29, 0.717) is 13.2 Å². The zero-order valence-electron chi connectivity index (χ0n) is 11.0. The van der Waals surface area contributed by atoms with E-state index < -0.39 is 0 Å². The summed E-state index contributed by atoms with van der Waals surface area (Å²) < 4.78 is 11.2. The summed E-state index contributed by atoms with van der Waals surface area (Å²) in [4.78, 5) is 4.23. The Bertz CT molecular complexity index is 489. The zero-order valence-corrected chi connectivity index (χ0v) is 11.0. The number of hydrogen-bond acceptors (Lipinski definition) is 4. The predicted octanol–water partition coefficient (Wildman–Crippen LogP) is 2.26. The molecule has 19 heavy (non-hydrogen) atoms. The van der Waals surface area contributed by atoms with Crippen LogP contribution in [0.25, 0.3) is 0 Å². The molecular formula is C15H18N2O2. The summed E-state index contributed by atoms with van der Waals surface area (Å²) in [6.45, 7) is 1.77. The van der Waals surface area contributed by atoms with Crippen molar-refractivity contribution in [3.05, 3.63) is 54.4 Å². The molecule has 100 valence electrons. The highest BCUT2D eigenvalue weighted by atomic mass is 16.5. The van der Waals surface area contributed by atoms with Gasteiger partial charge in [-0.3, -0.25) is 4.98 Å². The molecule has 0 amide bonds. The lowest BCUT2D eigenvalue weighted by atomic mass is 10.3. The molecule has 0 bridgehead atoms. The van der Waals surface area contributed by atoms with Crippen LogP contribution in [0.1, 0.15) is 5.69 Å². The van der Waals surface area contributed by atoms with Crippen molar-refractivity contribution >= 4 is 0 Å². The minimum absolute atomic E-state index is 0.512. The largest absolute Gasteiger partial charge is 0.490 e. The van der Waals surface area contributed by atoms with Gasteiger partial charge in [0, 0.05) is 18.8 Å². The lowest BCUT2D eigenvalue weighted by molar-refractivity contribution is 0.217. The summed E-state index contributed by atoms with van der Waals surface area (Å²) in [5.74, 6) is 1.67. The first kappa shape index (κ1) is 13.4. The summed E-state index contributed by atoms with van der Waals surface area (Å²) in [7, 11) is 1.89. The van der Waals surface area contributed by atoms with E-state index in [-0.39, 0.29) is 0 Å². The Morgan fingerprint density at radius 2 is 1.74 bits per heavy atom. The lowest BCUT2D eigenvalue weighted by Gasteiger charge is -2.09. The van der Waals surface area contributed by atoms with Gasteiger partial charge in [0.15, 0.2) is 0 Å². The van der Waals surface area contributed by atoms with E-state index in [2.05, 4.69) is 10.3 Å². The smallest absolute Gasteiger partial charge is 0.122 e. The van der Waals surface area contributed by atoms with E-state index in [9.17, 15) is 0 Å². The van der Waals surface area contributed by atoms with Crippen LogP contribution in [0.15, 0.2) is 48.7 Å². The molecule has 0 aliphatic rings. The highest BCUT2D eigenvalue weighted by molar-refractivity contribution is 5.23. The van der Waals surface area contributed by atoms with Crippen LogP contribution in [-0.2, 0) is 6.54 Å². The van der Waals surface area contributed by atoms with E-state index in [1.54, 1.807) is 6.20 Å². The van der Waals surface area contributed by atoms with Crippen molar-refractivity contribution < 1.29 is 9.47 Å². The fraction of sp³-hybridized carbons (Fsp3) is 0.267. The number of aromatic nitrogens is 1. The monoisotopic (exact) mass is 258 g/mol. The van der Waals surface area contributed by atoms with Gasteiger partial charge in [0.2, 0.25) is 0 Å². The second-order valence-electron chi connectivity index (χ2n) is 4.02. The summed E-state index contributed by atoms with van der Waals surface area (Å²) in [6, 6.07) is 13.5. The molecule has 4 nitrogen and oxygen atoms in total. The number of para-hydroxylation sites is 1. The molecule has 1 heterocycles. The van der Waals surface area contributed by atoms with Gasteiger partial charge in [0.05, 0.1) is 5.69 Å². The minimum Gasteiger partial charge on any atom is -0.490 e. The Hall–Kier alpha value is -2.07. The van der Waals surface area contributed by atoms with Crippen LogP contribution in [0.5, 0.6) is 11.5 Å². The Morgan fingerprint density at radius 3 is 2.47 bits per heavy atom. The first-order chi connectivity index (χ1) is 9.38. The molecule has 0 fully saturated rings. The van der Waals surface area contributed by atoms with Crippen molar-refractivity contribution in [1.82, 2.24) is 10.3 Å². The SMILES string of the molecule is CNCc1cc(OCCOc2ccccc2)ccn1. The minimum atomic E-state index is 0.512. The van der Waals surface area contributed by atoms with E-state index in [1.165, 1.54) is 0 Å². The predicted molar refractivity (Wildman–Crippen MR) is 74.4 cm³/mol. The highest BCUT2D eigenvalue weighted by Gasteiger charge is 1.98. The summed E-state index contributed by atoms with van der Waals surface area (Å²) in [5.41, 5.74) is 0.962. The maximum atomic E-state index is 5.62. The van der Waals surface area contributed by atoms with Crippen molar-refractivity contribution in [3.8, 4) is 11.5 Å². The van der Waals surface area contributed by atoms with Crippen LogP contribution in [0.2, 0.25) is 0 Å². The molecule has 0 atom stereocenters. The third-order valence-corrected chi connectivity index (χ3v) is 2.51. The standard InChI is InChI=1S/C15H18N2O2/c1-16-12-13-11-15(7-8-17-13)19-10-9-18-14-5-3-2-4-6-14/h2-8,11,16H,9-10,12H2,1H3. The van der Waals surface area contributed by atoms with Crippen molar-refractivity contribution in [2.75, 3.05) is 20.3 Å². The zero-order chi connectivity index (χ0) is 13.3. The third-order valence-electron chi connectivity index (χ3n) is 2.51. The molecule has 0 aliphatic carbocycles. The van der Waals surface area contributed by atoms with Gasteiger partial charge >= 0.3 is 0 Å². The quantitative estimate of drug-likeness (QED) is 0.774. The number of ether oxygens (including phenoxy) is 2. The molecule has 0 spiro atoms. The molecule has 2 rings (SSSR count). The van der Waals surface area contributed by atoms with Crippen LogP contribution in [-0.4, -0.2) is 25.2 Å². The Balaban J connectivity index is 1.75. The second kappa shape index (κ2) is 7.38. The topological polar surface area (TPSA) is 43.4 Å². The number of pyridine rings is 1. The van der Waals surface area contributed by atoms with Crippen molar-refractivity contribution in [3.63, 3.8) is 0 Å². The molecule has 1 aromatic carbocycles. The average molecular weight is 258 g/mol. The molecule has 0 radical (unpaired) electrons. The van der Waals surface area contributed by atoms with E-state index >= 15 is 0 Å². The van der Waals surface area contributed by atoms with Crippen LogP contribution < -0.4 is 14.8 Å². The molecule has 1 N–H and O–H groups in total. The molecule has 0 aliphatic heterocycles. The third kappa shape index (κ3) is 4.60. The number of hydrogen-bond donors (Lipinski definition) is 1. The molecular weight excluding hydrogens is 240 g/mol. The Labute approximate surface area is 113 Å². The molecule has 4 heteroatoms. The molecule has 0 saturated carbocycles. The maximum absolute atomic E-state index is 5.62. The van der Waals surface area contributed by atoms with E-state index in [4.69, 9.17) is 9.47 Å². The van der Waals surface area contributed by atoms with Crippen LogP contribution >= 0.6 is 0 Å². The van der Waals surface area contributed by atoms with Gasteiger partial charge < -0.3 is 14.8 Å². The number of rotatable bonds is 7. The van der Waals surface area contributed by atoms with Gasteiger partial charge in [-0.2, -0.15) is 0 Å². The fourth-order valence-electron chi connectivity index (χ4n) is 1.66. The Morgan fingerprint density at radius 1 is 1.00 bits per heavy atom. The highest BCUT2D eigenvalue weighted by Crippen LogP contribution is 2.11. The van der Waals surface area contributed by atoms with Gasteiger partial charge in [0.1, 0.15) is 24.7 Å². The molecule has 0 saturated heterocycles. The summed E-state index contributed by atoms with van der Waals surface area (Å²) in [5, 5.41) is 3.06. The maximum Gasteiger partial charge on any atom is 0.122 e. The van der Waals surface area contributed by atoms with E-state index in [0.717, 1.165) is 23.7 Å². The summed E-state index contributed by atoms with van der Waals surface area (Å²) >= 11 is 0.